The molecule has 12 heavy (non-hydrogen) atoms. The molecule has 0 aromatic carbocycles. The third kappa shape index (κ3) is 1.79. The Kier molecular flexibility index (Phi) is 2.45. The Morgan fingerprint density at radius 1 is 1.42 bits per heavy atom. The van der Waals surface area contributed by atoms with Gasteiger partial charge in [-0.15, -0.1) is 0 Å². The van der Waals surface area contributed by atoms with Gasteiger partial charge >= 0.3 is 0 Å². The molecule has 0 radical (unpaired) electrons. The topological polar surface area (TPSA) is 20.3 Å². The van der Waals surface area contributed by atoms with E-state index in [1.807, 2.05) is 25.7 Å². The van der Waals surface area contributed by atoms with Gasteiger partial charge in [-0.2, -0.15) is 0 Å². The van der Waals surface area contributed by atoms with Crippen molar-refractivity contribution in [3.63, 3.8) is 0 Å². The van der Waals surface area contributed by atoms with Crippen LogP contribution in [0, 0.1) is 5.41 Å². The van der Waals surface area contributed by atoms with Gasteiger partial charge in [-0.3, -0.25) is 4.79 Å². The second-order valence-corrected chi connectivity index (χ2v) is 4.74. The molecule has 0 aromatic heterocycles. The Bertz CT molecular complexity index is 181. The summed E-state index contributed by atoms with van der Waals surface area (Å²) in [5, 5.41) is 0. The highest BCUT2D eigenvalue weighted by Gasteiger charge is 2.32. The smallest absolute Gasteiger partial charge is 0.228 e. The highest BCUT2D eigenvalue weighted by atomic mass is 16.2. The molecule has 1 heterocycles. The first-order chi connectivity index (χ1) is 5.43. The SMILES string of the molecule is C[C@H]1CCCN1C(=O)C(C)(C)C. The average molecular weight is 169 g/mol. The van der Waals surface area contributed by atoms with Gasteiger partial charge < -0.3 is 4.90 Å². The summed E-state index contributed by atoms with van der Waals surface area (Å²) in [7, 11) is 0. The summed E-state index contributed by atoms with van der Waals surface area (Å²) < 4.78 is 0. The van der Waals surface area contributed by atoms with E-state index < -0.39 is 0 Å². The molecule has 2 nitrogen and oxygen atoms in total. The Hall–Kier alpha value is -0.530. The summed E-state index contributed by atoms with van der Waals surface area (Å²) in [6.07, 6.45) is 2.34. The summed E-state index contributed by atoms with van der Waals surface area (Å²) in [5.41, 5.74) is -0.210. The molecule has 0 aliphatic carbocycles. The molecule has 0 bridgehead atoms. The zero-order valence-corrected chi connectivity index (χ0v) is 8.55. The van der Waals surface area contributed by atoms with Crippen molar-refractivity contribution in [3.05, 3.63) is 0 Å². The molecule has 0 saturated carbocycles. The first-order valence-electron chi connectivity index (χ1n) is 4.74. The van der Waals surface area contributed by atoms with Gasteiger partial charge in [0.2, 0.25) is 5.91 Å². The lowest BCUT2D eigenvalue weighted by molar-refractivity contribution is -0.139. The molecule has 1 atom stereocenters. The van der Waals surface area contributed by atoms with Gasteiger partial charge in [-0.05, 0) is 19.8 Å². The van der Waals surface area contributed by atoms with Crippen molar-refractivity contribution in [1.29, 1.82) is 0 Å². The minimum absolute atomic E-state index is 0.210. The zero-order valence-electron chi connectivity index (χ0n) is 8.55. The fraction of sp³-hybridized carbons (Fsp3) is 0.900. The van der Waals surface area contributed by atoms with Gasteiger partial charge in [-0.25, -0.2) is 0 Å². The molecule has 1 aliphatic rings. The van der Waals surface area contributed by atoms with Crippen LogP contribution in [0.4, 0.5) is 0 Å². The van der Waals surface area contributed by atoms with Gasteiger partial charge in [0.1, 0.15) is 0 Å². The van der Waals surface area contributed by atoms with Crippen molar-refractivity contribution in [2.45, 2.75) is 46.6 Å². The van der Waals surface area contributed by atoms with Crippen molar-refractivity contribution in [1.82, 2.24) is 4.90 Å². The molecule has 1 saturated heterocycles. The first-order valence-corrected chi connectivity index (χ1v) is 4.74. The molecule has 0 aromatic rings. The summed E-state index contributed by atoms with van der Waals surface area (Å²) >= 11 is 0. The van der Waals surface area contributed by atoms with E-state index in [0.29, 0.717) is 11.9 Å². The Morgan fingerprint density at radius 3 is 2.33 bits per heavy atom. The molecule has 70 valence electrons. The lowest BCUT2D eigenvalue weighted by Crippen LogP contribution is -2.41. The molecule has 1 aliphatic heterocycles. The van der Waals surface area contributed by atoms with Crippen LogP contribution in [0.3, 0.4) is 0 Å². The number of hydrogen-bond acceptors (Lipinski definition) is 1. The predicted octanol–water partition coefficient (Wildman–Crippen LogP) is 2.04. The van der Waals surface area contributed by atoms with E-state index in [4.69, 9.17) is 0 Å². The summed E-state index contributed by atoms with van der Waals surface area (Å²) in [6, 6.07) is 0.455. The first kappa shape index (κ1) is 9.56. The molecule has 1 rings (SSSR count). The zero-order chi connectivity index (χ0) is 9.35. The third-order valence-electron chi connectivity index (χ3n) is 2.46. The minimum atomic E-state index is -0.210. The number of hydrogen-bond donors (Lipinski definition) is 0. The molecular formula is C10H19NO. The van der Waals surface area contributed by atoms with Gasteiger partial charge in [0.25, 0.3) is 0 Å². The number of carbonyl (C=O) groups is 1. The lowest BCUT2D eigenvalue weighted by atomic mass is 9.94. The second kappa shape index (κ2) is 3.08. The molecule has 0 unspecified atom stereocenters. The number of nitrogens with zero attached hydrogens (tertiary/aromatic N) is 1. The molecule has 2 heteroatoms. The van der Waals surface area contributed by atoms with E-state index in [-0.39, 0.29) is 5.41 Å². The molecule has 1 fully saturated rings. The van der Waals surface area contributed by atoms with Crippen LogP contribution >= 0.6 is 0 Å². The van der Waals surface area contributed by atoms with E-state index >= 15 is 0 Å². The fourth-order valence-electron chi connectivity index (χ4n) is 1.67. The van der Waals surface area contributed by atoms with Crippen LogP contribution in [0.5, 0.6) is 0 Å². The van der Waals surface area contributed by atoms with Crippen molar-refractivity contribution >= 4 is 5.91 Å². The molecule has 0 N–H and O–H groups in total. The highest BCUT2D eigenvalue weighted by molar-refractivity contribution is 5.82. The van der Waals surface area contributed by atoms with Crippen LogP contribution < -0.4 is 0 Å². The van der Waals surface area contributed by atoms with Crippen molar-refractivity contribution < 1.29 is 4.79 Å². The third-order valence-corrected chi connectivity index (χ3v) is 2.46. The molecule has 0 spiro atoms. The van der Waals surface area contributed by atoms with Crippen LogP contribution in [0.2, 0.25) is 0 Å². The highest BCUT2D eigenvalue weighted by Crippen LogP contribution is 2.24. The predicted molar refractivity (Wildman–Crippen MR) is 49.9 cm³/mol. The minimum Gasteiger partial charge on any atom is -0.340 e. The van der Waals surface area contributed by atoms with Crippen LogP contribution in [0.1, 0.15) is 40.5 Å². The standard InChI is InChI=1S/C10H19NO/c1-8-6-5-7-11(8)9(12)10(2,3)4/h8H,5-7H2,1-4H3/t8-/m0/s1. The fourth-order valence-corrected chi connectivity index (χ4v) is 1.67. The van der Waals surface area contributed by atoms with Gasteiger partial charge in [-0.1, -0.05) is 20.8 Å². The van der Waals surface area contributed by atoms with Crippen molar-refractivity contribution in [2.75, 3.05) is 6.54 Å². The Balaban J connectivity index is 2.64. The lowest BCUT2D eigenvalue weighted by Gasteiger charge is -2.29. The van der Waals surface area contributed by atoms with Crippen LogP contribution in [0.15, 0.2) is 0 Å². The normalized spacial score (nSPS) is 24.7. The summed E-state index contributed by atoms with van der Waals surface area (Å²) in [4.78, 5) is 13.8. The number of rotatable bonds is 0. The van der Waals surface area contributed by atoms with E-state index in [1.54, 1.807) is 0 Å². The van der Waals surface area contributed by atoms with Crippen molar-refractivity contribution in [2.24, 2.45) is 5.41 Å². The van der Waals surface area contributed by atoms with Crippen molar-refractivity contribution in [3.8, 4) is 0 Å². The van der Waals surface area contributed by atoms with E-state index in [0.717, 1.165) is 6.54 Å². The molecule has 1 amide bonds. The monoisotopic (exact) mass is 169 g/mol. The van der Waals surface area contributed by atoms with Gasteiger partial charge in [0.15, 0.2) is 0 Å². The maximum Gasteiger partial charge on any atom is 0.228 e. The van der Waals surface area contributed by atoms with E-state index in [2.05, 4.69) is 6.92 Å². The Labute approximate surface area is 74.9 Å². The maximum absolute atomic E-state index is 11.8. The summed E-state index contributed by atoms with van der Waals surface area (Å²) in [5.74, 6) is 0.299. The average Bonchev–Trinajstić information content (AvgIpc) is 2.31. The number of likely N-dealkylation sites (tertiary alicyclic amines) is 1. The second-order valence-electron chi connectivity index (χ2n) is 4.74. The largest absolute Gasteiger partial charge is 0.340 e. The molecular weight excluding hydrogens is 150 g/mol. The van der Waals surface area contributed by atoms with E-state index in [9.17, 15) is 4.79 Å². The number of amides is 1. The van der Waals surface area contributed by atoms with Crippen LogP contribution in [0.25, 0.3) is 0 Å². The van der Waals surface area contributed by atoms with Crippen LogP contribution in [-0.2, 0) is 4.79 Å². The van der Waals surface area contributed by atoms with Crippen LogP contribution in [-0.4, -0.2) is 23.4 Å². The van der Waals surface area contributed by atoms with E-state index in [1.165, 1.54) is 12.8 Å². The Morgan fingerprint density at radius 2 is 2.00 bits per heavy atom. The quantitative estimate of drug-likeness (QED) is 0.543. The van der Waals surface area contributed by atoms with Gasteiger partial charge in [0.05, 0.1) is 0 Å². The van der Waals surface area contributed by atoms with Gasteiger partial charge in [0, 0.05) is 18.0 Å². The number of carbonyl (C=O) groups excluding carboxylic acids is 1. The summed E-state index contributed by atoms with van der Waals surface area (Å²) in [6.45, 7) is 9.05. The maximum atomic E-state index is 11.8.